The van der Waals surface area contributed by atoms with Crippen molar-refractivity contribution < 1.29 is 18.7 Å². The average molecular weight is 395 g/mol. The summed E-state index contributed by atoms with van der Waals surface area (Å²) in [6.45, 7) is 0. The zero-order valence-electron chi connectivity index (χ0n) is 14.7. The van der Waals surface area contributed by atoms with Crippen LogP contribution in [-0.2, 0) is 4.74 Å². The number of carbonyl (C=O) groups is 2. The average Bonchev–Trinajstić information content (AvgIpc) is 3.30. The number of rotatable bonds is 4. The van der Waals surface area contributed by atoms with Gasteiger partial charge in [0, 0.05) is 22.7 Å². The molecule has 8 heteroatoms. The van der Waals surface area contributed by atoms with Crippen molar-refractivity contribution in [3.63, 3.8) is 0 Å². The third kappa shape index (κ3) is 3.25. The number of esters is 1. The molecule has 0 aliphatic carbocycles. The second kappa shape index (κ2) is 7.24. The molecule has 2 aromatic carbocycles. The van der Waals surface area contributed by atoms with Gasteiger partial charge in [0.2, 0.25) is 0 Å². The normalized spacial score (nSPS) is 10.8. The lowest BCUT2D eigenvalue weighted by Gasteiger charge is -2.08. The molecule has 0 fully saturated rings. The first-order valence-electron chi connectivity index (χ1n) is 8.28. The van der Waals surface area contributed by atoms with Crippen molar-refractivity contribution in [2.24, 2.45) is 0 Å². The molecule has 4 rings (SSSR count). The van der Waals surface area contributed by atoms with E-state index in [1.54, 1.807) is 40.9 Å². The molecule has 0 atom stereocenters. The Balaban J connectivity index is 1.72. The van der Waals surface area contributed by atoms with E-state index in [0.29, 0.717) is 27.6 Å². The number of fused-ring (bicyclic) bond motifs is 1. The van der Waals surface area contributed by atoms with Crippen molar-refractivity contribution >= 4 is 34.0 Å². The van der Waals surface area contributed by atoms with Crippen molar-refractivity contribution in [2.75, 3.05) is 12.4 Å². The van der Waals surface area contributed by atoms with Gasteiger partial charge in [0.15, 0.2) is 4.96 Å². The van der Waals surface area contributed by atoms with E-state index >= 15 is 0 Å². The fourth-order valence-corrected chi connectivity index (χ4v) is 3.51. The second-order valence-corrected chi connectivity index (χ2v) is 6.77. The number of nitrogens with zero attached hydrogens (tertiary/aromatic N) is 2. The third-order valence-electron chi connectivity index (χ3n) is 4.16. The smallest absolute Gasteiger partial charge is 0.337 e. The van der Waals surface area contributed by atoms with Crippen LogP contribution in [0.1, 0.15) is 20.7 Å². The largest absolute Gasteiger partial charge is 0.465 e. The van der Waals surface area contributed by atoms with Gasteiger partial charge in [0.05, 0.1) is 12.7 Å². The molecule has 1 amide bonds. The van der Waals surface area contributed by atoms with Gasteiger partial charge in [-0.25, -0.2) is 14.2 Å². The summed E-state index contributed by atoms with van der Waals surface area (Å²) in [5, 5.41) is 4.71. The Kier molecular flexibility index (Phi) is 4.62. The van der Waals surface area contributed by atoms with Gasteiger partial charge in [-0.2, -0.15) is 0 Å². The Morgan fingerprint density at radius 3 is 2.64 bits per heavy atom. The Labute approximate surface area is 163 Å². The minimum Gasteiger partial charge on any atom is -0.465 e. The number of carbonyl (C=O) groups excluding carboxylic acids is 2. The summed E-state index contributed by atoms with van der Waals surface area (Å²) in [7, 11) is 1.28. The maximum atomic E-state index is 13.3. The van der Waals surface area contributed by atoms with Crippen LogP contribution in [0.3, 0.4) is 0 Å². The molecule has 0 aliphatic heterocycles. The molecule has 2 heterocycles. The zero-order chi connectivity index (χ0) is 19.7. The molecule has 2 aromatic heterocycles. The molecule has 0 radical (unpaired) electrons. The molecule has 140 valence electrons. The van der Waals surface area contributed by atoms with Gasteiger partial charge in [-0.05, 0) is 42.5 Å². The van der Waals surface area contributed by atoms with Gasteiger partial charge in [0.25, 0.3) is 5.91 Å². The van der Waals surface area contributed by atoms with Crippen LogP contribution in [-0.4, -0.2) is 28.4 Å². The summed E-state index contributed by atoms with van der Waals surface area (Å²) in [6.07, 6.45) is 1.79. The summed E-state index contributed by atoms with van der Waals surface area (Å²) in [5.74, 6) is -0.806. The Hall–Kier alpha value is -3.52. The topological polar surface area (TPSA) is 72.7 Å². The molecule has 0 unspecified atom stereocenters. The molecule has 28 heavy (non-hydrogen) atoms. The number of amides is 1. The van der Waals surface area contributed by atoms with E-state index in [4.69, 9.17) is 4.74 Å². The lowest BCUT2D eigenvalue weighted by atomic mass is 10.1. The van der Waals surface area contributed by atoms with Crippen LogP contribution < -0.4 is 5.32 Å². The summed E-state index contributed by atoms with van der Waals surface area (Å²) in [5.41, 5.74) is 1.79. The van der Waals surface area contributed by atoms with Crippen LogP contribution in [0, 0.1) is 5.82 Å². The molecule has 0 spiro atoms. The van der Waals surface area contributed by atoms with E-state index in [1.807, 2.05) is 5.38 Å². The van der Waals surface area contributed by atoms with E-state index < -0.39 is 11.9 Å². The van der Waals surface area contributed by atoms with E-state index in [9.17, 15) is 14.0 Å². The van der Waals surface area contributed by atoms with Gasteiger partial charge in [-0.1, -0.05) is 6.07 Å². The van der Waals surface area contributed by atoms with Crippen molar-refractivity contribution in [1.82, 2.24) is 9.38 Å². The molecule has 0 saturated heterocycles. The molecule has 0 aliphatic rings. The van der Waals surface area contributed by atoms with Crippen LogP contribution in [0.4, 0.5) is 10.2 Å². The van der Waals surface area contributed by atoms with E-state index in [-0.39, 0.29) is 11.4 Å². The first-order chi connectivity index (χ1) is 13.6. The van der Waals surface area contributed by atoms with Crippen LogP contribution in [0.15, 0.2) is 60.1 Å². The number of hydrogen-bond acceptors (Lipinski definition) is 5. The van der Waals surface area contributed by atoms with E-state index in [1.165, 1.54) is 36.6 Å². The number of ether oxygens (including phenoxy) is 1. The highest BCUT2D eigenvalue weighted by atomic mass is 32.1. The number of nitrogens with one attached hydrogen (secondary N) is 1. The SMILES string of the molecule is COC(=O)c1cccc(C(=O)Nc2c(-c3ccc(F)cc3)nc3sccn23)c1. The summed E-state index contributed by atoms with van der Waals surface area (Å²) in [4.78, 5) is 29.8. The maximum Gasteiger partial charge on any atom is 0.337 e. The number of benzene rings is 2. The number of aromatic nitrogens is 2. The predicted molar refractivity (Wildman–Crippen MR) is 104 cm³/mol. The highest BCUT2D eigenvalue weighted by Gasteiger charge is 2.19. The molecular formula is C20H14FN3O3S. The van der Waals surface area contributed by atoms with E-state index in [2.05, 4.69) is 10.3 Å². The number of hydrogen-bond donors (Lipinski definition) is 1. The standard InChI is InChI=1S/C20H14FN3O3S/c1-27-19(26)14-4-2-3-13(11-14)18(25)23-17-16(12-5-7-15(21)8-6-12)22-20-24(17)9-10-28-20/h2-11H,1H3,(H,23,25). The Bertz CT molecular complexity index is 1180. The van der Waals surface area contributed by atoms with Gasteiger partial charge in [-0.15, -0.1) is 11.3 Å². The quantitative estimate of drug-likeness (QED) is 0.525. The van der Waals surface area contributed by atoms with Gasteiger partial charge in [0.1, 0.15) is 17.3 Å². The van der Waals surface area contributed by atoms with Crippen LogP contribution in [0.25, 0.3) is 16.2 Å². The van der Waals surface area contributed by atoms with Gasteiger partial charge < -0.3 is 10.1 Å². The molecule has 1 N–H and O–H groups in total. The van der Waals surface area contributed by atoms with Crippen molar-refractivity contribution in [3.05, 3.63) is 77.1 Å². The number of halogens is 1. The van der Waals surface area contributed by atoms with Gasteiger partial charge in [-0.3, -0.25) is 9.20 Å². The second-order valence-electron chi connectivity index (χ2n) is 5.90. The van der Waals surface area contributed by atoms with Crippen molar-refractivity contribution in [3.8, 4) is 11.3 Å². The number of methoxy groups -OCH3 is 1. The monoisotopic (exact) mass is 395 g/mol. The fourth-order valence-electron chi connectivity index (χ4n) is 2.80. The Morgan fingerprint density at radius 1 is 1.14 bits per heavy atom. The predicted octanol–water partition coefficient (Wildman–Crippen LogP) is 4.24. The lowest BCUT2D eigenvalue weighted by Crippen LogP contribution is -2.15. The first-order valence-corrected chi connectivity index (χ1v) is 9.16. The minimum atomic E-state index is -0.522. The van der Waals surface area contributed by atoms with Gasteiger partial charge >= 0.3 is 5.97 Å². The van der Waals surface area contributed by atoms with Crippen molar-refractivity contribution in [1.29, 1.82) is 0 Å². The molecular weight excluding hydrogens is 381 g/mol. The third-order valence-corrected chi connectivity index (χ3v) is 4.91. The summed E-state index contributed by atoms with van der Waals surface area (Å²) < 4.78 is 19.7. The van der Waals surface area contributed by atoms with Crippen LogP contribution in [0.5, 0.6) is 0 Å². The van der Waals surface area contributed by atoms with E-state index in [0.717, 1.165) is 0 Å². The van der Waals surface area contributed by atoms with Crippen LogP contribution in [0.2, 0.25) is 0 Å². The Morgan fingerprint density at radius 2 is 1.89 bits per heavy atom. The zero-order valence-corrected chi connectivity index (χ0v) is 15.5. The highest BCUT2D eigenvalue weighted by Crippen LogP contribution is 2.31. The molecule has 0 bridgehead atoms. The lowest BCUT2D eigenvalue weighted by molar-refractivity contribution is 0.0600. The highest BCUT2D eigenvalue weighted by molar-refractivity contribution is 7.15. The number of thiazole rings is 1. The van der Waals surface area contributed by atoms with Crippen molar-refractivity contribution in [2.45, 2.75) is 0 Å². The fraction of sp³-hybridized carbons (Fsp3) is 0.0500. The minimum absolute atomic E-state index is 0.280. The molecule has 6 nitrogen and oxygen atoms in total. The molecule has 0 saturated carbocycles. The number of imidazole rings is 1. The maximum absolute atomic E-state index is 13.3. The first kappa shape index (κ1) is 17.9. The van der Waals surface area contributed by atoms with Crippen LogP contribution >= 0.6 is 11.3 Å². The summed E-state index contributed by atoms with van der Waals surface area (Å²) >= 11 is 1.42. The molecule has 4 aromatic rings. The summed E-state index contributed by atoms with van der Waals surface area (Å²) in [6, 6.07) is 12.1. The number of anilines is 1.